The number of carbonyl (C=O) groups is 1. The molecule has 0 bridgehead atoms. The average Bonchev–Trinajstić information content (AvgIpc) is 3.00. The molecule has 6 nitrogen and oxygen atoms in total. The molecule has 1 aromatic rings. The Morgan fingerprint density at radius 1 is 1.34 bits per heavy atom. The summed E-state index contributed by atoms with van der Waals surface area (Å²) in [4.78, 5) is 18.3. The minimum atomic E-state index is -1.75. The number of nitrogens with zero attached hydrogens (tertiary/aromatic N) is 2. The predicted octanol–water partition coefficient (Wildman–Crippen LogP) is 5.58. The smallest absolute Gasteiger partial charge is 0.410 e. The lowest BCUT2D eigenvalue weighted by Crippen LogP contribution is -2.36. The number of hydrogen-bond donors (Lipinski definition) is 0. The van der Waals surface area contributed by atoms with Crippen LogP contribution in [0.3, 0.4) is 0 Å². The van der Waals surface area contributed by atoms with E-state index in [2.05, 4.69) is 47.1 Å². The van der Waals surface area contributed by atoms with Crippen molar-refractivity contribution in [3.63, 3.8) is 0 Å². The zero-order chi connectivity index (χ0) is 21.8. The van der Waals surface area contributed by atoms with Crippen LogP contribution in [-0.2, 0) is 9.16 Å². The van der Waals surface area contributed by atoms with Gasteiger partial charge < -0.3 is 18.8 Å². The van der Waals surface area contributed by atoms with E-state index in [0.717, 1.165) is 16.5 Å². The Bertz CT molecular complexity index is 784. The Morgan fingerprint density at radius 2 is 2.03 bits per heavy atom. The minimum absolute atomic E-state index is 0.0997. The Hall–Kier alpha value is -1.80. The first-order valence-corrected chi connectivity index (χ1v) is 13.9. The van der Waals surface area contributed by atoms with E-state index < -0.39 is 13.9 Å². The van der Waals surface area contributed by atoms with Gasteiger partial charge in [-0.15, -0.1) is 0 Å². The second-order valence-corrected chi connectivity index (χ2v) is 14.3. The number of amides is 1. The summed E-state index contributed by atoms with van der Waals surface area (Å²) in [5.74, 6) is 1.10. The molecule has 1 heterocycles. The van der Waals surface area contributed by atoms with Gasteiger partial charge in [0.25, 0.3) is 0 Å². The molecule has 1 fully saturated rings. The predicted molar refractivity (Wildman–Crippen MR) is 122 cm³/mol. The van der Waals surface area contributed by atoms with E-state index in [1.807, 2.05) is 39.0 Å². The number of ether oxygens (including phenoxy) is 2. The van der Waals surface area contributed by atoms with Crippen molar-refractivity contribution in [1.29, 1.82) is 0 Å². The summed E-state index contributed by atoms with van der Waals surface area (Å²) in [7, 11) is -1.75. The number of aliphatic imine (C=N–C) groups is 1. The lowest BCUT2D eigenvalue weighted by molar-refractivity contribution is 0.0275. The molecular weight excluding hydrogens is 452 g/mol. The van der Waals surface area contributed by atoms with Gasteiger partial charge in [-0.1, -0.05) is 15.9 Å². The molecule has 0 aromatic heterocycles. The van der Waals surface area contributed by atoms with Crippen molar-refractivity contribution in [2.45, 2.75) is 58.5 Å². The van der Waals surface area contributed by atoms with E-state index in [9.17, 15) is 4.79 Å². The highest BCUT2D eigenvalue weighted by Crippen LogP contribution is 2.26. The lowest BCUT2D eigenvalue weighted by Gasteiger charge is -2.24. The molecule has 2 rings (SSSR count). The number of likely N-dealkylation sites (tertiary alicyclic amines) is 1. The van der Waals surface area contributed by atoms with Crippen LogP contribution in [-0.4, -0.2) is 50.3 Å². The van der Waals surface area contributed by atoms with Crippen molar-refractivity contribution in [3.05, 3.63) is 40.7 Å². The van der Waals surface area contributed by atoms with Gasteiger partial charge in [-0.05, 0) is 65.2 Å². The number of benzene rings is 1. The largest absolute Gasteiger partial charge is 0.532 e. The van der Waals surface area contributed by atoms with E-state index in [1.165, 1.54) is 0 Å². The van der Waals surface area contributed by atoms with Gasteiger partial charge in [-0.25, -0.2) is 9.79 Å². The third kappa shape index (κ3) is 8.22. The van der Waals surface area contributed by atoms with Crippen molar-refractivity contribution in [1.82, 2.24) is 4.90 Å². The molecule has 1 amide bonds. The van der Waals surface area contributed by atoms with Crippen LogP contribution in [0.5, 0.6) is 5.75 Å². The third-order valence-electron chi connectivity index (χ3n) is 3.83. The highest BCUT2D eigenvalue weighted by atomic mass is 79.9. The standard InChI is InChI=1S/C21H31BrN2O4Si/c1-15(28-29(5,6)7)23-13-16-12-17(22)8-9-19(16)26-18-10-11-24(14-18)20(25)27-21(2,3)4/h8-9,12-13,18H,1,10-11,14H2,2-7H3. The van der Waals surface area contributed by atoms with Crippen molar-refractivity contribution in [3.8, 4) is 5.75 Å². The Morgan fingerprint density at radius 3 is 2.66 bits per heavy atom. The second kappa shape index (κ2) is 9.34. The molecule has 0 radical (unpaired) electrons. The molecule has 1 aliphatic heterocycles. The van der Waals surface area contributed by atoms with Crippen LogP contribution >= 0.6 is 15.9 Å². The van der Waals surface area contributed by atoms with E-state index >= 15 is 0 Å². The summed E-state index contributed by atoms with van der Waals surface area (Å²) in [5.41, 5.74) is 0.307. The van der Waals surface area contributed by atoms with Gasteiger partial charge in [-0.2, -0.15) is 0 Å². The molecule has 1 aliphatic rings. The van der Waals surface area contributed by atoms with Crippen LogP contribution in [0.4, 0.5) is 4.79 Å². The van der Waals surface area contributed by atoms with Gasteiger partial charge in [-0.3, -0.25) is 0 Å². The Kier molecular flexibility index (Phi) is 7.56. The molecule has 1 atom stereocenters. The fourth-order valence-corrected chi connectivity index (χ4v) is 3.88. The molecule has 0 aliphatic carbocycles. The maximum atomic E-state index is 12.3. The van der Waals surface area contributed by atoms with Crippen molar-refractivity contribution in [2.75, 3.05) is 13.1 Å². The van der Waals surface area contributed by atoms with Gasteiger partial charge in [0, 0.05) is 29.2 Å². The molecule has 1 saturated heterocycles. The molecule has 0 N–H and O–H groups in total. The van der Waals surface area contributed by atoms with Crippen molar-refractivity contribution in [2.24, 2.45) is 4.99 Å². The second-order valence-electron chi connectivity index (χ2n) is 9.00. The van der Waals surface area contributed by atoms with E-state index in [0.29, 0.717) is 24.7 Å². The highest BCUT2D eigenvalue weighted by Gasteiger charge is 2.31. The molecular formula is C21H31BrN2O4Si. The van der Waals surface area contributed by atoms with Crippen molar-refractivity contribution < 1.29 is 18.7 Å². The topological polar surface area (TPSA) is 60.4 Å². The fraction of sp³-hybridized carbons (Fsp3) is 0.524. The van der Waals surface area contributed by atoms with E-state index in [1.54, 1.807) is 11.1 Å². The zero-order valence-corrected chi connectivity index (χ0v) is 20.7. The summed E-state index contributed by atoms with van der Waals surface area (Å²) in [6.45, 7) is 16.8. The maximum absolute atomic E-state index is 12.3. The molecule has 0 saturated carbocycles. The van der Waals surface area contributed by atoms with Crippen molar-refractivity contribution >= 4 is 36.6 Å². The van der Waals surface area contributed by atoms with Crippen LogP contribution in [0.25, 0.3) is 0 Å². The first-order valence-electron chi connectivity index (χ1n) is 9.68. The Balaban J connectivity index is 2.05. The van der Waals surface area contributed by atoms with Gasteiger partial charge in [0.2, 0.25) is 8.32 Å². The van der Waals surface area contributed by atoms with Gasteiger partial charge in [0.05, 0.1) is 6.54 Å². The summed E-state index contributed by atoms with van der Waals surface area (Å²) in [6.07, 6.45) is 2.04. The monoisotopic (exact) mass is 482 g/mol. The number of hydrogen-bond acceptors (Lipinski definition) is 5. The first-order chi connectivity index (χ1) is 13.3. The summed E-state index contributed by atoms with van der Waals surface area (Å²) in [5, 5.41) is 0. The van der Waals surface area contributed by atoms with Gasteiger partial charge in [0.15, 0.2) is 5.88 Å². The Labute approximate surface area is 183 Å². The normalized spacial score (nSPS) is 17.5. The zero-order valence-electron chi connectivity index (χ0n) is 18.1. The number of carbonyl (C=O) groups excluding carboxylic acids is 1. The molecule has 8 heteroatoms. The summed E-state index contributed by atoms with van der Waals surface area (Å²) in [6, 6.07) is 5.74. The average molecular weight is 483 g/mol. The summed E-state index contributed by atoms with van der Waals surface area (Å²) < 4.78 is 18.3. The van der Waals surface area contributed by atoms with Crippen LogP contribution in [0, 0.1) is 0 Å². The number of halogens is 1. The molecule has 0 spiro atoms. The quantitative estimate of drug-likeness (QED) is 0.301. The van der Waals surface area contributed by atoms with Crippen LogP contribution in [0.2, 0.25) is 19.6 Å². The summed E-state index contributed by atoms with van der Waals surface area (Å²) >= 11 is 3.49. The highest BCUT2D eigenvalue weighted by molar-refractivity contribution is 9.10. The molecule has 1 aromatic carbocycles. The SMILES string of the molecule is C=C(N=Cc1cc(Br)ccc1OC1CCN(C(=O)OC(C)(C)C)C1)O[Si](C)(C)C. The fourth-order valence-electron chi connectivity index (χ4n) is 2.75. The number of rotatable bonds is 6. The van der Waals surface area contributed by atoms with Crippen LogP contribution in [0.1, 0.15) is 32.8 Å². The van der Waals surface area contributed by atoms with E-state index in [4.69, 9.17) is 13.9 Å². The maximum Gasteiger partial charge on any atom is 0.410 e. The molecule has 29 heavy (non-hydrogen) atoms. The van der Waals surface area contributed by atoms with E-state index in [-0.39, 0.29) is 12.2 Å². The molecule has 160 valence electrons. The van der Waals surface area contributed by atoms with Crippen LogP contribution in [0.15, 0.2) is 40.1 Å². The van der Waals surface area contributed by atoms with Gasteiger partial charge in [0.1, 0.15) is 17.5 Å². The van der Waals surface area contributed by atoms with Gasteiger partial charge >= 0.3 is 6.09 Å². The molecule has 1 unspecified atom stereocenters. The van der Waals surface area contributed by atoms with Crippen LogP contribution < -0.4 is 4.74 Å². The third-order valence-corrected chi connectivity index (χ3v) is 5.18. The lowest BCUT2D eigenvalue weighted by atomic mass is 10.2. The minimum Gasteiger partial charge on any atom is -0.532 e. The first kappa shape index (κ1) is 23.5.